The van der Waals surface area contributed by atoms with Crippen LogP contribution >= 0.6 is 0 Å². The lowest BCUT2D eigenvalue weighted by atomic mass is 9.79. The molecule has 416 valence electrons. The molecule has 11 rings (SSSR count). The number of Topliss-reactive ketones (excluding diaryl/α,β-unsaturated/α-hetero) is 2. The predicted octanol–water partition coefficient (Wildman–Crippen LogP) is 3.03. The summed E-state index contributed by atoms with van der Waals surface area (Å²) >= 11 is 0. The molecule has 5 aliphatic rings. The van der Waals surface area contributed by atoms with Crippen LogP contribution in [0.2, 0.25) is 0 Å². The summed E-state index contributed by atoms with van der Waals surface area (Å²) in [6.07, 6.45) is -3.50. The fourth-order valence-corrected chi connectivity index (χ4v) is 9.95. The molecule has 0 saturated heterocycles. The summed E-state index contributed by atoms with van der Waals surface area (Å²) in [6, 6.07) is 17.0. The van der Waals surface area contributed by atoms with E-state index in [-0.39, 0.29) is 45.3 Å². The van der Waals surface area contributed by atoms with Gasteiger partial charge in [0.25, 0.3) is 11.6 Å². The lowest BCUT2D eigenvalue weighted by Crippen LogP contribution is -2.70. The highest BCUT2D eigenvalue weighted by atomic mass is 16.8. The number of benzene rings is 6. The van der Waals surface area contributed by atoms with Crippen molar-refractivity contribution in [2.75, 3.05) is 0 Å². The molecule has 0 amide bonds. The van der Waals surface area contributed by atoms with Gasteiger partial charge in [-0.1, -0.05) is 12.1 Å². The Kier molecular flexibility index (Phi) is 11.9. The third-order valence-electron chi connectivity index (χ3n) is 13.8. The van der Waals surface area contributed by atoms with Crippen molar-refractivity contribution in [1.29, 1.82) is 0 Å². The molecule has 1 fully saturated rings. The van der Waals surface area contributed by atoms with Crippen LogP contribution < -0.4 is 28.4 Å². The average molecular weight is 1120 g/mol. The molecule has 5 unspecified atom stereocenters. The quantitative estimate of drug-likeness (QED) is 0.0562. The minimum atomic E-state index is -3.22. The highest BCUT2D eigenvalue weighted by Crippen LogP contribution is 2.58. The number of carbonyl (C=O) groups is 5. The number of aromatic hydroxyl groups is 8. The van der Waals surface area contributed by atoms with Crippen LogP contribution in [0, 0.1) is 0 Å². The summed E-state index contributed by atoms with van der Waals surface area (Å²) in [6.45, 7) is 0. The van der Waals surface area contributed by atoms with Gasteiger partial charge in [-0.15, -0.1) is 0 Å². The molecule has 13 N–H and O–H groups in total. The number of carboxylic acids is 1. The van der Waals surface area contributed by atoms with Gasteiger partial charge in [0.2, 0.25) is 0 Å². The Morgan fingerprint density at radius 1 is 0.481 bits per heavy atom. The third-order valence-corrected chi connectivity index (χ3v) is 13.8. The van der Waals surface area contributed by atoms with E-state index < -0.39 is 158 Å². The van der Waals surface area contributed by atoms with Crippen molar-refractivity contribution in [3.8, 4) is 80.5 Å². The van der Waals surface area contributed by atoms with Crippen molar-refractivity contribution in [3.63, 3.8) is 0 Å². The number of fused-ring (bicyclic) bond motifs is 6. The lowest BCUT2D eigenvalue weighted by Gasteiger charge is -2.50. The number of esters is 2. The molecule has 26 heteroatoms. The largest absolute Gasteiger partial charge is 0.508 e. The van der Waals surface area contributed by atoms with Crippen LogP contribution in [0.4, 0.5) is 0 Å². The van der Waals surface area contributed by atoms with Crippen molar-refractivity contribution < 1.29 is 128 Å². The number of aliphatic carboxylic acids is 1. The van der Waals surface area contributed by atoms with Gasteiger partial charge in [0, 0.05) is 60.4 Å². The van der Waals surface area contributed by atoms with E-state index in [0.29, 0.717) is 0 Å². The molecule has 1 aliphatic carbocycles. The number of hydrogen-bond donors (Lipinski definition) is 13. The van der Waals surface area contributed by atoms with Gasteiger partial charge in [0.15, 0.2) is 57.7 Å². The molecule has 6 aromatic carbocycles. The molecular formula is C55H40O26. The average Bonchev–Trinajstić information content (AvgIpc) is 3.41. The van der Waals surface area contributed by atoms with Gasteiger partial charge in [-0.3, -0.25) is 9.59 Å². The standard InChI is InChI=1S/C55H40O26/c56-27-18-34(63)46-40(19-27)80-54(25-5-7-29(58)31(60)15-25)53(73,49(46)68)77-38-13-23(2-10-37(38)78-54)4-12-44(66)75-47-35(64)21-51(71,50(69)70)22-42(47)74-43(65)11-3-24-1-9-36-39(14-24)79-55(26-6-8-30(59)32(61)16-26)52(72,76-36)48(67)45-33(62)17-28(57)20-41(45)81-55/h1-20,35,42,47,56-64,71-73H,21-22H2,(H,69,70)/b11-3+,12-4+/t35?,42-,47-,51+,52?,53?,54?,55?/m1/s1. The van der Waals surface area contributed by atoms with Crippen molar-refractivity contribution in [2.24, 2.45) is 0 Å². The van der Waals surface area contributed by atoms with Crippen LogP contribution in [0.3, 0.4) is 0 Å². The summed E-state index contributed by atoms with van der Waals surface area (Å²) < 4.78 is 47.0. The predicted molar refractivity (Wildman–Crippen MR) is 263 cm³/mol. The number of ketones is 2. The van der Waals surface area contributed by atoms with Crippen LogP contribution in [-0.4, -0.2) is 131 Å². The van der Waals surface area contributed by atoms with Crippen LogP contribution in [-0.2, 0) is 35.4 Å². The Bertz CT molecular complexity index is 3800. The monoisotopic (exact) mass is 1120 g/mol. The van der Waals surface area contributed by atoms with E-state index in [1.54, 1.807) is 0 Å². The molecule has 0 aromatic heterocycles. The van der Waals surface area contributed by atoms with Crippen molar-refractivity contribution in [3.05, 3.63) is 143 Å². The van der Waals surface area contributed by atoms with Crippen molar-refractivity contribution in [1.82, 2.24) is 0 Å². The molecule has 0 radical (unpaired) electrons. The Balaban J connectivity index is 0.827. The summed E-state index contributed by atoms with van der Waals surface area (Å²) in [7, 11) is 0. The number of phenols is 8. The molecule has 1 saturated carbocycles. The first-order valence-corrected chi connectivity index (χ1v) is 23.8. The fourth-order valence-electron chi connectivity index (χ4n) is 9.95. The first-order chi connectivity index (χ1) is 38.3. The van der Waals surface area contributed by atoms with E-state index in [1.807, 2.05) is 0 Å². The van der Waals surface area contributed by atoms with Gasteiger partial charge in [-0.05, 0) is 83.9 Å². The maximum Gasteiger partial charge on any atom is 0.357 e. The minimum Gasteiger partial charge on any atom is -0.508 e. The van der Waals surface area contributed by atoms with E-state index in [2.05, 4.69) is 0 Å². The van der Waals surface area contributed by atoms with Gasteiger partial charge >= 0.3 is 41.1 Å². The van der Waals surface area contributed by atoms with E-state index in [4.69, 9.17) is 37.9 Å². The second kappa shape index (κ2) is 18.3. The molecular weight excluding hydrogens is 1080 g/mol. The highest BCUT2D eigenvalue weighted by Gasteiger charge is 2.72. The number of aliphatic hydroxyl groups excluding tert-OH is 1. The highest BCUT2D eigenvalue weighted by molar-refractivity contribution is 6.09. The first-order valence-electron chi connectivity index (χ1n) is 23.8. The minimum absolute atomic E-state index is 0.0953. The molecule has 0 bridgehead atoms. The molecule has 81 heavy (non-hydrogen) atoms. The molecule has 8 atom stereocenters. The lowest BCUT2D eigenvalue weighted by molar-refractivity contribution is -0.316. The molecule has 0 spiro atoms. The Hall–Kier alpha value is -10.4. The summed E-state index contributed by atoms with van der Waals surface area (Å²) in [5, 5.41) is 139. The Labute approximate surface area is 451 Å². The Morgan fingerprint density at radius 3 is 1.40 bits per heavy atom. The number of carboxylic acid groups (broad SMARTS) is 1. The van der Waals surface area contributed by atoms with Crippen LogP contribution in [0.1, 0.15) is 55.8 Å². The third kappa shape index (κ3) is 8.31. The normalized spacial score (nSPS) is 26.7. The van der Waals surface area contributed by atoms with Crippen LogP contribution in [0.5, 0.6) is 80.5 Å². The van der Waals surface area contributed by atoms with E-state index >= 15 is 0 Å². The number of aliphatic hydroxyl groups is 4. The number of ether oxygens (including phenoxy) is 8. The van der Waals surface area contributed by atoms with E-state index in [9.17, 15) is 90.4 Å². The summed E-state index contributed by atoms with van der Waals surface area (Å²) in [4.78, 5) is 67.3. The van der Waals surface area contributed by atoms with Crippen LogP contribution in [0.25, 0.3) is 12.2 Å². The number of carbonyl (C=O) groups excluding carboxylic acids is 4. The van der Waals surface area contributed by atoms with Crippen LogP contribution in [0.15, 0.2) is 109 Å². The molecule has 4 aliphatic heterocycles. The maximum absolute atomic E-state index is 14.1. The molecule has 4 heterocycles. The Morgan fingerprint density at radius 2 is 0.914 bits per heavy atom. The number of hydrogen-bond acceptors (Lipinski definition) is 25. The summed E-state index contributed by atoms with van der Waals surface area (Å²) in [5.74, 6) is -26.3. The second-order valence-corrected chi connectivity index (χ2v) is 19.1. The van der Waals surface area contributed by atoms with Crippen molar-refractivity contribution >= 4 is 41.6 Å². The fraction of sp³-hybridized carbons (Fsp3) is 0.182. The zero-order valence-corrected chi connectivity index (χ0v) is 40.8. The molecule has 6 aromatic rings. The van der Waals surface area contributed by atoms with Gasteiger partial charge in [-0.25, -0.2) is 14.4 Å². The number of phenolic OH excluding ortho intramolecular Hbond substituents is 8. The second-order valence-electron chi connectivity index (χ2n) is 19.1. The topological polar surface area (TPSA) is 422 Å². The van der Waals surface area contributed by atoms with Crippen molar-refractivity contribution in [2.45, 2.75) is 59.9 Å². The zero-order valence-electron chi connectivity index (χ0n) is 40.8. The first kappa shape index (κ1) is 52.6. The van der Waals surface area contributed by atoms with E-state index in [1.165, 1.54) is 36.4 Å². The van der Waals surface area contributed by atoms with E-state index in [0.717, 1.165) is 85.0 Å². The van der Waals surface area contributed by atoms with Gasteiger partial charge < -0.3 is 104 Å². The maximum atomic E-state index is 14.1. The SMILES string of the molecule is O=C(/C=C/c1ccc2c(c1)OC1(O)C(=O)c3c(O)cc(O)cc3OC1(c1ccc(O)c(O)c1)O2)O[C@@H]1C(O)C[C@@](O)(C(=O)O)C[C@H]1OC(=O)/C=C/c1ccc2c(c1)OC1(c3ccc(O)c(O)c3)Oc3cc(O)cc(O)c3C(=O)C1(O)O2. The molecule has 26 nitrogen and oxygen atoms in total. The van der Waals surface area contributed by atoms with Gasteiger partial charge in [0.05, 0.1) is 6.10 Å². The van der Waals surface area contributed by atoms with Gasteiger partial charge in [-0.2, -0.15) is 0 Å². The number of rotatable bonds is 9. The smallest absolute Gasteiger partial charge is 0.357 e. The van der Waals surface area contributed by atoms with Gasteiger partial charge in [0.1, 0.15) is 51.7 Å². The zero-order chi connectivity index (χ0) is 57.9. The summed E-state index contributed by atoms with van der Waals surface area (Å²) in [5.41, 5.74) is -4.34.